The molecule has 0 aliphatic carbocycles. The Morgan fingerprint density at radius 3 is 2.50 bits per heavy atom. The van der Waals surface area contributed by atoms with Gasteiger partial charge in [-0.1, -0.05) is 25.4 Å². The molecule has 0 saturated heterocycles. The summed E-state index contributed by atoms with van der Waals surface area (Å²) in [6.07, 6.45) is 1.10. The molecular formula is C11H19ClN4. The number of halogens is 1. The molecule has 0 fully saturated rings. The molecule has 2 N–H and O–H groups in total. The highest BCUT2D eigenvalue weighted by Crippen LogP contribution is 2.20. The Balaban J connectivity index is 2.82. The maximum atomic E-state index is 5.85. The molecule has 16 heavy (non-hydrogen) atoms. The third-order valence-corrected chi connectivity index (χ3v) is 2.73. The normalized spacial score (nSPS) is 12.9. The largest absolute Gasteiger partial charge is 0.368 e. The monoisotopic (exact) mass is 242 g/mol. The molecular weight excluding hydrogens is 224 g/mol. The van der Waals surface area contributed by atoms with Crippen LogP contribution < -0.4 is 10.6 Å². The molecule has 4 nitrogen and oxygen atoms in total. The van der Waals surface area contributed by atoms with Crippen LogP contribution in [0, 0.1) is 5.92 Å². The number of nitrogen functional groups attached to an aromatic ring is 1. The van der Waals surface area contributed by atoms with E-state index < -0.39 is 0 Å². The van der Waals surface area contributed by atoms with Crippen molar-refractivity contribution in [2.75, 3.05) is 17.7 Å². The van der Waals surface area contributed by atoms with Crippen LogP contribution in [-0.4, -0.2) is 23.1 Å². The zero-order chi connectivity index (χ0) is 12.3. The molecule has 0 saturated carbocycles. The number of hydrogen-bond donors (Lipinski definition) is 1. The predicted octanol–water partition coefficient (Wildman–Crippen LogP) is 2.58. The standard InChI is InChI=1S/C11H19ClN4/c1-7(2)5-8(3)16(4)10-6-9(12)14-11(13)15-10/h6-8H,5H2,1-4H3,(H2,13,14,15). The van der Waals surface area contributed by atoms with E-state index >= 15 is 0 Å². The minimum absolute atomic E-state index is 0.214. The van der Waals surface area contributed by atoms with Crippen molar-refractivity contribution in [1.29, 1.82) is 0 Å². The minimum Gasteiger partial charge on any atom is -0.368 e. The van der Waals surface area contributed by atoms with Crippen molar-refractivity contribution < 1.29 is 0 Å². The third kappa shape index (κ3) is 3.52. The molecule has 90 valence electrons. The summed E-state index contributed by atoms with van der Waals surface area (Å²) in [7, 11) is 1.99. The van der Waals surface area contributed by atoms with Crippen LogP contribution in [0.5, 0.6) is 0 Å². The number of nitrogens with zero attached hydrogens (tertiary/aromatic N) is 3. The molecule has 1 atom stereocenters. The number of aromatic nitrogens is 2. The van der Waals surface area contributed by atoms with Gasteiger partial charge in [-0.05, 0) is 19.3 Å². The summed E-state index contributed by atoms with van der Waals surface area (Å²) in [5.74, 6) is 1.63. The maximum Gasteiger partial charge on any atom is 0.223 e. The average molecular weight is 243 g/mol. The Hall–Kier alpha value is -1.03. The van der Waals surface area contributed by atoms with Crippen molar-refractivity contribution in [2.24, 2.45) is 5.92 Å². The van der Waals surface area contributed by atoms with Crippen molar-refractivity contribution in [3.63, 3.8) is 0 Å². The van der Waals surface area contributed by atoms with Crippen LogP contribution in [0.2, 0.25) is 5.15 Å². The Labute approximate surface area is 102 Å². The van der Waals surface area contributed by atoms with E-state index in [0.717, 1.165) is 12.2 Å². The quantitative estimate of drug-likeness (QED) is 0.825. The van der Waals surface area contributed by atoms with Crippen LogP contribution in [0.15, 0.2) is 6.07 Å². The van der Waals surface area contributed by atoms with E-state index in [9.17, 15) is 0 Å². The Bertz CT molecular complexity index is 334. The van der Waals surface area contributed by atoms with Gasteiger partial charge in [0.15, 0.2) is 0 Å². The fraction of sp³-hybridized carbons (Fsp3) is 0.636. The van der Waals surface area contributed by atoms with Gasteiger partial charge in [-0.25, -0.2) is 4.98 Å². The van der Waals surface area contributed by atoms with Crippen molar-refractivity contribution in [2.45, 2.75) is 33.2 Å². The van der Waals surface area contributed by atoms with Gasteiger partial charge in [0.25, 0.3) is 0 Å². The van der Waals surface area contributed by atoms with E-state index in [1.807, 2.05) is 7.05 Å². The molecule has 1 rings (SSSR count). The van der Waals surface area contributed by atoms with Gasteiger partial charge in [-0.15, -0.1) is 0 Å². The molecule has 1 aromatic heterocycles. The number of anilines is 2. The SMILES string of the molecule is CC(C)CC(C)N(C)c1cc(Cl)nc(N)n1. The fourth-order valence-electron chi connectivity index (χ4n) is 1.67. The summed E-state index contributed by atoms with van der Waals surface area (Å²) in [5.41, 5.74) is 5.57. The summed E-state index contributed by atoms with van der Waals surface area (Å²) in [6.45, 7) is 6.56. The highest BCUT2D eigenvalue weighted by atomic mass is 35.5. The highest BCUT2D eigenvalue weighted by molar-refractivity contribution is 6.29. The maximum absolute atomic E-state index is 5.85. The van der Waals surface area contributed by atoms with Crippen LogP contribution >= 0.6 is 11.6 Å². The topological polar surface area (TPSA) is 55.0 Å². The van der Waals surface area contributed by atoms with Gasteiger partial charge in [0, 0.05) is 19.2 Å². The lowest BCUT2D eigenvalue weighted by Gasteiger charge is -2.27. The van der Waals surface area contributed by atoms with Crippen LogP contribution in [0.3, 0.4) is 0 Å². The van der Waals surface area contributed by atoms with E-state index in [-0.39, 0.29) is 5.95 Å². The van der Waals surface area contributed by atoms with Gasteiger partial charge in [0.05, 0.1) is 0 Å². The summed E-state index contributed by atoms with van der Waals surface area (Å²) >= 11 is 5.85. The van der Waals surface area contributed by atoms with Crippen molar-refractivity contribution in [3.05, 3.63) is 11.2 Å². The van der Waals surface area contributed by atoms with Gasteiger partial charge >= 0.3 is 0 Å². The van der Waals surface area contributed by atoms with E-state index in [4.69, 9.17) is 17.3 Å². The predicted molar refractivity (Wildman–Crippen MR) is 68.8 cm³/mol. The average Bonchev–Trinajstić information content (AvgIpc) is 2.13. The summed E-state index contributed by atoms with van der Waals surface area (Å²) in [6, 6.07) is 2.12. The zero-order valence-corrected chi connectivity index (χ0v) is 11.0. The van der Waals surface area contributed by atoms with Crippen molar-refractivity contribution >= 4 is 23.4 Å². The van der Waals surface area contributed by atoms with Gasteiger partial charge in [-0.2, -0.15) is 4.98 Å². The van der Waals surface area contributed by atoms with E-state index in [2.05, 4.69) is 35.6 Å². The number of rotatable bonds is 4. The van der Waals surface area contributed by atoms with Crippen molar-refractivity contribution in [3.8, 4) is 0 Å². The van der Waals surface area contributed by atoms with Crippen LogP contribution in [-0.2, 0) is 0 Å². The molecule has 0 amide bonds. The Morgan fingerprint density at radius 2 is 2.00 bits per heavy atom. The second-order valence-corrected chi connectivity index (χ2v) is 4.88. The lowest BCUT2D eigenvalue weighted by molar-refractivity contribution is 0.502. The Kier molecular flexibility index (Phi) is 4.35. The molecule has 1 unspecified atom stereocenters. The summed E-state index contributed by atoms with van der Waals surface area (Å²) < 4.78 is 0. The van der Waals surface area contributed by atoms with Crippen LogP contribution in [0.25, 0.3) is 0 Å². The van der Waals surface area contributed by atoms with Crippen molar-refractivity contribution in [1.82, 2.24) is 9.97 Å². The van der Waals surface area contributed by atoms with E-state index in [1.54, 1.807) is 6.07 Å². The first-order chi connectivity index (χ1) is 7.40. The molecule has 5 heteroatoms. The molecule has 0 radical (unpaired) electrons. The molecule has 0 spiro atoms. The first-order valence-electron chi connectivity index (χ1n) is 5.43. The second-order valence-electron chi connectivity index (χ2n) is 4.50. The lowest BCUT2D eigenvalue weighted by Crippen LogP contribution is -2.31. The molecule has 1 heterocycles. The fourth-order valence-corrected chi connectivity index (χ4v) is 1.85. The smallest absolute Gasteiger partial charge is 0.223 e. The zero-order valence-electron chi connectivity index (χ0n) is 10.2. The van der Waals surface area contributed by atoms with E-state index in [1.165, 1.54) is 0 Å². The highest BCUT2D eigenvalue weighted by Gasteiger charge is 2.14. The summed E-state index contributed by atoms with van der Waals surface area (Å²) in [5, 5.41) is 0.381. The van der Waals surface area contributed by atoms with Gasteiger partial charge in [-0.3, -0.25) is 0 Å². The first kappa shape index (κ1) is 13.0. The molecule has 1 aromatic rings. The van der Waals surface area contributed by atoms with Crippen LogP contribution in [0.4, 0.5) is 11.8 Å². The molecule has 0 aromatic carbocycles. The van der Waals surface area contributed by atoms with E-state index in [0.29, 0.717) is 17.1 Å². The second kappa shape index (κ2) is 5.34. The third-order valence-electron chi connectivity index (χ3n) is 2.53. The van der Waals surface area contributed by atoms with Gasteiger partial charge in [0.2, 0.25) is 5.95 Å². The number of nitrogens with two attached hydrogens (primary N) is 1. The molecule has 0 aliphatic rings. The Morgan fingerprint density at radius 1 is 1.38 bits per heavy atom. The summed E-state index contributed by atoms with van der Waals surface area (Å²) in [4.78, 5) is 10.1. The molecule has 0 bridgehead atoms. The minimum atomic E-state index is 0.214. The lowest BCUT2D eigenvalue weighted by atomic mass is 10.0. The molecule has 0 aliphatic heterocycles. The van der Waals surface area contributed by atoms with Gasteiger partial charge in [0.1, 0.15) is 11.0 Å². The first-order valence-corrected chi connectivity index (χ1v) is 5.80. The van der Waals surface area contributed by atoms with Gasteiger partial charge < -0.3 is 10.6 Å². The van der Waals surface area contributed by atoms with Crippen LogP contribution in [0.1, 0.15) is 27.2 Å². The number of hydrogen-bond acceptors (Lipinski definition) is 4.